The summed E-state index contributed by atoms with van der Waals surface area (Å²) in [6, 6.07) is 9.11. The molecule has 0 radical (unpaired) electrons. The van der Waals surface area contributed by atoms with E-state index in [0.717, 1.165) is 6.54 Å². The number of aromatic nitrogens is 1. The van der Waals surface area contributed by atoms with Crippen molar-refractivity contribution in [2.75, 3.05) is 13.1 Å². The van der Waals surface area contributed by atoms with E-state index in [2.05, 4.69) is 47.7 Å². The Bertz CT molecular complexity index is 560. The number of fused-ring (bicyclic) bond motifs is 1. The van der Waals surface area contributed by atoms with Gasteiger partial charge in [0.05, 0.1) is 0 Å². The zero-order valence-corrected chi connectivity index (χ0v) is 12.2. The fourth-order valence-corrected chi connectivity index (χ4v) is 3.20. The highest BCUT2D eigenvalue weighted by Crippen LogP contribution is 2.22. The van der Waals surface area contributed by atoms with Crippen molar-refractivity contribution in [2.24, 2.45) is 7.05 Å². The van der Waals surface area contributed by atoms with Gasteiger partial charge in [0.2, 0.25) is 0 Å². The average Bonchev–Trinajstić information content (AvgIpc) is 2.58. The molecule has 0 atom stereocenters. The molecule has 1 aliphatic heterocycles. The lowest BCUT2D eigenvalue weighted by molar-refractivity contribution is 0.271. The van der Waals surface area contributed by atoms with Gasteiger partial charge in [0.25, 0.3) is 0 Å². The van der Waals surface area contributed by atoms with E-state index in [9.17, 15) is 0 Å². The van der Waals surface area contributed by atoms with Crippen LogP contribution in [0.1, 0.15) is 36.9 Å². The summed E-state index contributed by atoms with van der Waals surface area (Å²) in [4.78, 5) is 2.62. The highest BCUT2D eigenvalue weighted by Gasteiger charge is 2.12. The van der Waals surface area contributed by atoms with Crippen molar-refractivity contribution in [1.29, 1.82) is 0 Å². The summed E-state index contributed by atoms with van der Waals surface area (Å²) in [5.41, 5.74) is 4.15. The van der Waals surface area contributed by atoms with E-state index in [4.69, 9.17) is 0 Å². The van der Waals surface area contributed by atoms with Gasteiger partial charge in [-0.3, -0.25) is 4.90 Å². The van der Waals surface area contributed by atoms with Gasteiger partial charge in [-0.1, -0.05) is 24.5 Å². The minimum Gasteiger partial charge on any atom is -0.346 e. The molecule has 2 heteroatoms. The molecule has 1 saturated heterocycles. The highest BCUT2D eigenvalue weighted by molar-refractivity contribution is 5.82. The molecule has 3 rings (SSSR count). The van der Waals surface area contributed by atoms with E-state index < -0.39 is 0 Å². The minimum atomic E-state index is 1.10. The molecular formula is C17H24N2. The Morgan fingerprint density at radius 1 is 1.00 bits per heavy atom. The van der Waals surface area contributed by atoms with E-state index in [-0.39, 0.29) is 0 Å². The Hall–Kier alpha value is -1.28. The molecule has 0 spiro atoms. The first kappa shape index (κ1) is 12.7. The van der Waals surface area contributed by atoms with Crippen LogP contribution in [-0.4, -0.2) is 22.6 Å². The summed E-state index contributed by atoms with van der Waals surface area (Å²) < 4.78 is 2.36. The molecule has 1 aliphatic rings. The summed E-state index contributed by atoms with van der Waals surface area (Å²) in [5.74, 6) is 0. The lowest BCUT2D eigenvalue weighted by Crippen LogP contribution is -2.25. The molecular weight excluding hydrogens is 232 g/mol. The van der Waals surface area contributed by atoms with Crippen molar-refractivity contribution in [1.82, 2.24) is 9.47 Å². The molecule has 1 aromatic heterocycles. The molecule has 2 heterocycles. The molecule has 1 fully saturated rings. The summed E-state index contributed by atoms with van der Waals surface area (Å²) in [7, 11) is 2.20. The molecule has 0 aliphatic carbocycles. The van der Waals surface area contributed by atoms with E-state index >= 15 is 0 Å². The van der Waals surface area contributed by atoms with Gasteiger partial charge in [-0.15, -0.1) is 0 Å². The quantitative estimate of drug-likeness (QED) is 0.792. The smallest absolute Gasteiger partial charge is 0.0480 e. The maximum absolute atomic E-state index is 2.62. The number of rotatable bonds is 2. The second-order valence-corrected chi connectivity index (χ2v) is 5.95. The Morgan fingerprint density at radius 2 is 1.74 bits per heavy atom. The van der Waals surface area contributed by atoms with E-state index in [1.165, 1.54) is 60.9 Å². The van der Waals surface area contributed by atoms with Crippen LogP contribution >= 0.6 is 0 Å². The van der Waals surface area contributed by atoms with Crippen molar-refractivity contribution in [3.8, 4) is 0 Å². The Morgan fingerprint density at radius 3 is 2.47 bits per heavy atom. The summed E-state index contributed by atoms with van der Waals surface area (Å²) in [6.45, 7) is 5.80. The van der Waals surface area contributed by atoms with E-state index in [1.54, 1.807) is 0 Å². The Labute approximate surface area is 116 Å². The van der Waals surface area contributed by atoms with Crippen LogP contribution < -0.4 is 0 Å². The monoisotopic (exact) mass is 256 g/mol. The van der Waals surface area contributed by atoms with Gasteiger partial charge in [-0.05, 0) is 51.1 Å². The third-order valence-corrected chi connectivity index (χ3v) is 4.38. The van der Waals surface area contributed by atoms with Crippen LogP contribution in [0.2, 0.25) is 0 Å². The van der Waals surface area contributed by atoms with Crippen molar-refractivity contribution in [3.05, 3.63) is 35.5 Å². The summed E-state index contributed by atoms with van der Waals surface area (Å²) in [6.07, 6.45) is 5.54. The lowest BCUT2D eigenvalue weighted by Gasteiger charge is -2.20. The lowest BCUT2D eigenvalue weighted by atomic mass is 10.2. The van der Waals surface area contributed by atoms with E-state index in [0.29, 0.717) is 0 Å². The largest absolute Gasteiger partial charge is 0.346 e. The molecule has 1 aromatic carbocycles. The van der Waals surface area contributed by atoms with Gasteiger partial charge >= 0.3 is 0 Å². The number of hydrogen-bond acceptors (Lipinski definition) is 1. The van der Waals surface area contributed by atoms with Gasteiger partial charge in [-0.2, -0.15) is 0 Å². The van der Waals surface area contributed by atoms with Crippen LogP contribution in [0, 0.1) is 6.92 Å². The Balaban J connectivity index is 1.85. The summed E-state index contributed by atoms with van der Waals surface area (Å²) in [5, 5.41) is 1.38. The third-order valence-electron chi connectivity index (χ3n) is 4.38. The Kier molecular flexibility index (Phi) is 3.61. The first-order valence-corrected chi connectivity index (χ1v) is 7.51. The van der Waals surface area contributed by atoms with Crippen molar-refractivity contribution in [2.45, 2.75) is 39.2 Å². The van der Waals surface area contributed by atoms with Crippen LogP contribution in [0.15, 0.2) is 24.3 Å². The molecule has 0 unspecified atom stereocenters. The second kappa shape index (κ2) is 5.38. The fourth-order valence-electron chi connectivity index (χ4n) is 3.20. The van der Waals surface area contributed by atoms with Crippen LogP contribution in [0.25, 0.3) is 10.9 Å². The van der Waals surface area contributed by atoms with Crippen LogP contribution in [0.4, 0.5) is 0 Å². The van der Waals surface area contributed by atoms with Crippen LogP contribution in [0.3, 0.4) is 0 Å². The molecule has 102 valence electrons. The first-order chi connectivity index (χ1) is 9.24. The second-order valence-electron chi connectivity index (χ2n) is 5.95. The molecule has 0 saturated carbocycles. The van der Waals surface area contributed by atoms with Crippen molar-refractivity contribution in [3.63, 3.8) is 0 Å². The third kappa shape index (κ3) is 2.69. The van der Waals surface area contributed by atoms with Crippen LogP contribution in [0.5, 0.6) is 0 Å². The average molecular weight is 256 g/mol. The topological polar surface area (TPSA) is 8.17 Å². The van der Waals surface area contributed by atoms with Crippen molar-refractivity contribution >= 4 is 10.9 Å². The number of likely N-dealkylation sites (tertiary alicyclic amines) is 1. The number of aryl methyl sites for hydroxylation is 2. The zero-order valence-electron chi connectivity index (χ0n) is 12.2. The molecule has 0 bridgehead atoms. The molecule has 0 N–H and O–H groups in total. The fraction of sp³-hybridized carbons (Fsp3) is 0.529. The standard InChI is InChI=1S/C17H24N2/c1-14-7-8-17-15(11-14)12-16(18(17)2)13-19-9-5-3-4-6-10-19/h7-8,11-12H,3-6,9-10,13H2,1-2H3. The highest BCUT2D eigenvalue weighted by atomic mass is 15.1. The van der Waals surface area contributed by atoms with E-state index in [1.807, 2.05) is 0 Å². The molecule has 19 heavy (non-hydrogen) atoms. The van der Waals surface area contributed by atoms with Gasteiger partial charge in [0.15, 0.2) is 0 Å². The maximum Gasteiger partial charge on any atom is 0.0480 e. The minimum absolute atomic E-state index is 1.10. The first-order valence-electron chi connectivity index (χ1n) is 7.51. The SMILES string of the molecule is Cc1ccc2c(c1)cc(CN1CCCCCC1)n2C. The predicted octanol–water partition coefficient (Wildman–Crippen LogP) is 3.86. The van der Waals surface area contributed by atoms with Gasteiger partial charge in [0.1, 0.15) is 0 Å². The predicted molar refractivity (Wildman–Crippen MR) is 81.4 cm³/mol. The van der Waals surface area contributed by atoms with Gasteiger partial charge < -0.3 is 4.57 Å². The molecule has 2 aromatic rings. The van der Waals surface area contributed by atoms with Crippen LogP contribution in [-0.2, 0) is 13.6 Å². The number of nitrogens with zero attached hydrogens (tertiary/aromatic N) is 2. The molecule has 0 amide bonds. The van der Waals surface area contributed by atoms with Gasteiger partial charge in [0, 0.05) is 30.2 Å². The van der Waals surface area contributed by atoms with Gasteiger partial charge in [-0.25, -0.2) is 0 Å². The number of benzene rings is 1. The number of hydrogen-bond donors (Lipinski definition) is 0. The zero-order chi connectivity index (χ0) is 13.2. The summed E-state index contributed by atoms with van der Waals surface area (Å²) >= 11 is 0. The maximum atomic E-state index is 2.62. The molecule has 2 nitrogen and oxygen atoms in total. The van der Waals surface area contributed by atoms with Crippen molar-refractivity contribution < 1.29 is 0 Å². The normalized spacial score (nSPS) is 17.8.